The molecule has 0 fully saturated rings. The zero-order valence-corrected chi connectivity index (χ0v) is 6.49. The Morgan fingerprint density at radius 3 is 2.58 bits per heavy atom. The molecule has 0 heterocycles. The van der Waals surface area contributed by atoms with Gasteiger partial charge in [0, 0.05) is 0 Å². The summed E-state index contributed by atoms with van der Waals surface area (Å²) in [5.74, 6) is -0.504. The van der Waals surface area contributed by atoms with E-state index in [1.165, 1.54) is 6.08 Å². The molecule has 12 heavy (non-hydrogen) atoms. The second-order valence-corrected chi connectivity index (χ2v) is 1.84. The highest BCUT2D eigenvalue weighted by Crippen LogP contribution is 1.88. The van der Waals surface area contributed by atoms with Gasteiger partial charge in [-0.3, -0.25) is 4.79 Å². The Bertz CT molecular complexity index is 175. The van der Waals surface area contributed by atoms with Gasteiger partial charge < -0.3 is 14.6 Å². The molecule has 0 aliphatic rings. The molecule has 0 radical (unpaired) electrons. The summed E-state index contributed by atoms with van der Waals surface area (Å²) in [6, 6.07) is 0. The molecule has 0 rings (SSSR count). The first-order chi connectivity index (χ1) is 5.66. The van der Waals surface area contributed by atoms with Gasteiger partial charge in [-0.15, -0.1) is 0 Å². The predicted octanol–water partition coefficient (Wildman–Crippen LogP) is 0.800. The molecule has 0 saturated heterocycles. The van der Waals surface area contributed by atoms with E-state index in [4.69, 9.17) is 5.11 Å². The Labute approximate surface area is 69.6 Å². The van der Waals surface area contributed by atoms with Crippen LogP contribution in [0, 0.1) is 0 Å². The number of carbonyl (C=O) groups excluding carboxylic acids is 1. The zero-order chi connectivity index (χ0) is 9.40. The molecule has 0 aromatic heterocycles. The first-order valence-corrected chi connectivity index (χ1v) is 3.29. The van der Waals surface area contributed by atoms with Crippen LogP contribution in [-0.2, 0) is 14.3 Å². The highest BCUT2D eigenvalue weighted by molar-refractivity contribution is 5.69. The number of rotatable bonds is 5. The summed E-state index contributed by atoms with van der Waals surface area (Å²) in [4.78, 5) is 20.4. The molecule has 0 bridgehead atoms. The Balaban J connectivity index is 3.31. The number of ether oxygens (including phenoxy) is 2. The van der Waals surface area contributed by atoms with Crippen molar-refractivity contribution in [1.82, 2.24) is 0 Å². The monoisotopic (exact) mass is 174 g/mol. The smallest absolute Gasteiger partial charge is 0.461 e. The fourth-order valence-corrected chi connectivity index (χ4v) is 0.446. The third kappa shape index (κ3) is 6.60. The molecule has 0 spiro atoms. The van der Waals surface area contributed by atoms with Crippen LogP contribution in [0.4, 0.5) is 4.79 Å². The standard InChI is InChI=1S/C7H10O5/c1-2-4-11-6(8)3-5-12-7(9)10/h2H,1,3-5H2,(H,9,10). The predicted molar refractivity (Wildman–Crippen MR) is 39.7 cm³/mol. The maximum absolute atomic E-state index is 10.6. The van der Waals surface area contributed by atoms with E-state index in [0.717, 1.165) is 0 Å². The van der Waals surface area contributed by atoms with Crippen LogP contribution >= 0.6 is 0 Å². The Hall–Kier alpha value is -1.52. The lowest BCUT2D eigenvalue weighted by molar-refractivity contribution is -0.143. The second kappa shape index (κ2) is 6.21. The van der Waals surface area contributed by atoms with Crippen molar-refractivity contribution in [3.63, 3.8) is 0 Å². The summed E-state index contributed by atoms with van der Waals surface area (Å²) in [5.41, 5.74) is 0. The summed E-state index contributed by atoms with van der Waals surface area (Å²) in [7, 11) is 0. The number of esters is 1. The number of carboxylic acid groups (broad SMARTS) is 1. The molecular weight excluding hydrogens is 164 g/mol. The van der Waals surface area contributed by atoms with Gasteiger partial charge in [-0.1, -0.05) is 12.7 Å². The highest BCUT2D eigenvalue weighted by Gasteiger charge is 2.03. The lowest BCUT2D eigenvalue weighted by Crippen LogP contribution is -2.10. The van der Waals surface area contributed by atoms with Crippen molar-refractivity contribution in [2.75, 3.05) is 13.2 Å². The summed E-state index contributed by atoms with van der Waals surface area (Å²) in [6.45, 7) is 3.29. The van der Waals surface area contributed by atoms with E-state index in [1.807, 2.05) is 0 Å². The van der Waals surface area contributed by atoms with Crippen LogP contribution in [0.5, 0.6) is 0 Å². The van der Waals surface area contributed by atoms with E-state index in [-0.39, 0.29) is 19.6 Å². The van der Waals surface area contributed by atoms with Crippen LogP contribution in [-0.4, -0.2) is 30.4 Å². The fourth-order valence-electron chi connectivity index (χ4n) is 0.446. The first kappa shape index (κ1) is 10.5. The minimum absolute atomic E-state index is 0.0693. The minimum atomic E-state index is -1.40. The minimum Gasteiger partial charge on any atom is -0.461 e. The summed E-state index contributed by atoms with van der Waals surface area (Å²) in [5, 5.41) is 8.01. The van der Waals surface area contributed by atoms with Crippen LogP contribution in [0.3, 0.4) is 0 Å². The van der Waals surface area contributed by atoms with E-state index in [2.05, 4.69) is 16.1 Å². The molecular formula is C7H10O5. The van der Waals surface area contributed by atoms with Gasteiger partial charge in [-0.2, -0.15) is 0 Å². The van der Waals surface area contributed by atoms with Gasteiger partial charge in [0.1, 0.15) is 13.2 Å². The van der Waals surface area contributed by atoms with E-state index >= 15 is 0 Å². The molecule has 5 nitrogen and oxygen atoms in total. The van der Waals surface area contributed by atoms with Crippen molar-refractivity contribution >= 4 is 12.1 Å². The quantitative estimate of drug-likeness (QED) is 0.493. The third-order valence-corrected chi connectivity index (χ3v) is 0.894. The number of carbonyl (C=O) groups is 2. The maximum atomic E-state index is 10.6. The van der Waals surface area contributed by atoms with Crippen LogP contribution in [0.15, 0.2) is 12.7 Å². The Kier molecular flexibility index (Phi) is 5.42. The van der Waals surface area contributed by atoms with Gasteiger partial charge in [0.25, 0.3) is 0 Å². The molecule has 5 heteroatoms. The normalized spacial score (nSPS) is 8.67. The zero-order valence-electron chi connectivity index (χ0n) is 6.49. The molecule has 1 N–H and O–H groups in total. The van der Waals surface area contributed by atoms with Crippen molar-refractivity contribution in [1.29, 1.82) is 0 Å². The molecule has 0 aromatic carbocycles. The summed E-state index contributed by atoms with van der Waals surface area (Å²) < 4.78 is 8.63. The van der Waals surface area contributed by atoms with E-state index in [0.29, 0.717) is 0 Å². The van der Waals surface area contributed by atoms with Crippen molar-refractivity contribution < 1.29 is 24.2 Å². The first-order valence-electron chi connectivity index (χ1n) is 3.29. The molecule has 0 aliphatic heterocycles. The van der Waals surface area contributed by atoms with Gasteiger partial charge in [-0.25, -0.2) is 4.79 Å². The van der Waals surface area contributed by atoms with Crippen molar-refractivity contribution in [3.8, 4) is 0 Å². The van der Waals surface area contributed by atoms with Gasteiger partial charge in [0.2, 0.25) is 0 Å². The van der Waals surface area contributed by atoms with Gasteiger partial charge in [0.05, 0.1) is 6.42 Å². The third-order valence-electron chi connectivity index (χ3n) is 0.894. The van der Waals surface area contributed by atoms with Crippen LogP contribution in [0.2, 0.25) is 0 Å². The molecule has 0 aromatic rings. The molecule has 0 unspecified atom stereocenters. The van der Waals surface area contributed by atoms with Gasteiger partial charge >= 0.3 is 12.1 Å². The topological polar surface area (TPSA) is 72.8 Å². The fraction of sp³-hybridized carbons (Fsp3) is 0.429. The maximum Gasteiger partial charge on any atom is 0.505 e. The van der Waals surface area contributed by atoms with E-state index in [1.54, 1.807) is 0 Å². The lowest BCUT2D eigenvalue weighted by atomic mass is 10.5. The molecule has 68 valence electrons. The van der Waals surface area contributed by atoms with Gasteiger partial charge in [-0.05, 0) is 0 Å². The van der Waals surface area contributed by atoms with Crippen LogP contribution in [0.1, 0.15) is 6.42 Å². The van der Waals surface area contributed by atoms with Gasteiger partial charge in [0.15, 0.2) is 0 Å². The average Bonchev–Trinajstić information content (AvgIpc) is 2.00. The van der Waals surface area contributed by atoms with Crippen LogP contribution < -0.4 is 0 Å². The van der Waals surface area contributed by atoms with Crippen LogP contribution in [0.25, 0.3) is 0 Å². The van der Waals surface area contributed by atoms with E-state index < -0.39 is 12.1 Å². The molecule has 0 saturated carbocycles. The number of hydrogen-bond donors (Lipinski definition) is 1. The molecule has 0 atom stereocenters. The largest absolute Gasteiger partial charge is 0.505 e. The lowest BCUT2D eigenvalue weighted by Gasteiger charge is -2.00. The summed E-state index contributed by atoms with van der Waals surface area (Å²) >= 11 is 0. The molecule has 0 amide bonds. The Morgan fingerprint density at radius 2 is 2.08 bits per heavy atom. The van der Waals surface area contributed by atoms with Crippen molar-refractivity contribution in [2.24, 2.45) is 0 Å². The van der Waals surface area contributed by atoms with Crippen molar-refractivity contribution in [3.05, 3.63) is 12.7 Å². The van der Waals surface area contributed by atoms with E-state index in [9.17, 15) is 9.59 Å². The van der Waals surface area contributed by atoms with Crippen molar-refractivity contribution in [2.45, 2.75) is 6.42 Å². The SMILES string of the molecule is C=CCOC(=O)CCOC(=O)O. The highest BCUT2D eigenvalue weighted by atomic mass is 16.7. The Morgan fingerprint density at radius 1 is 1.42 bits per heavy atom. The molecule has 0 aliphatic carbocycles. The average molecular weight is 174 g/mol. The second-order valence-electron chi connectivity index (χ2n) is 1.84. The number of hydrogen-bond acceptors (Lipinski definition) is 4. The summed E-state index contributed by atoms with van der Waals surface area (Å²) in [6.07, 6.45) is -0.0395.